The van der Waals surface area contributed by atoms with Gasteiger partial charge in [-0.3, -0.25) is 0 Å². The molecule has 0 aliphatic rings. The van der Waals surface area contributed by atoms with Crippen LogP contribution in [0.3, 0.4) is 0 Å². The molecule has 0 aliphatic carbocycles. The maximum Gasteiger partial charge on any atom is 0.241 e. The van der Waals surface area contributed by atoms with Gasteiger partial charge in [0.15, 0.2) is 0 Å². The first-order chi connectivity index (χ1) is 10.7. The van der Waals surface area contributed by atoms with Crippen LogP contribution in [0.5, 0.6) is 0 Å². The van der Waals surface area contributed by atoms with E-state index in [4.69, 9.17) is 0 Å². The fourth-order valence-corrected chi connectivity index (χ4v) is 4.22. The molecule has 0 heterocycles. The zero-order chi connectivity index (χ0) is 17.2. The van der Waals surface area contributed by atoms with Crippen molar-refractivity contribution in [1.29, 1.82) is 0 Å². The zero-order valence-corrected chi connectivity index (χ0v) is 15.2. The Morgan fingerprint density at radius 2 is 1.48 bits per heavy atom. The quantitative estimate of drug-likeness (QED) is 0.915. The van der Waals surface area contributed by atoms with E-state index >= 15 is 0 Å². The summed E-state index contributed by atoms with van der Waals surface area (Å²) < 4.78 is 27.9. The van der Waals surface area contributed by atoms with Crippen LogP contribution < -0.4 is 9.62 Å². The summed E-state index contributed by atoms with van der Waals surface area (Å²) in [7, 11) is 0.422. The lowest BCUT2D eigenvalue weighted by molar-refractivity contribution is 0.580. The van der Waals surface area contributed by atoms with Gasteiger partial charge in [0.2, 0.25) is 10.0 Å². The summed E-state index contributed by atoms with van der Waals surface area (Å²) in [5.41, 5.74) is 4.64. The summed E-state index contributed by atoms with van der Waals surface area (Å²) in [4.78, 5) is 2.39. The summed E-state index contributed by atoms with van der Waals surface area (Å²) >= 11 is 0. The Kier molecular flexibility index (Phi) is 5.12. The van der Waals surface area contributed by atoms with Crippen molar-refractivity contribution < 1.29 is 8.42 Å². The molecule has 0 bridgehead atoms. The van der Waals surface area contributed by atoms with Gasteiger partial charge < -0.3 is 4.90 Å². The molecule has 0 aromatic heterocycles. The minimum absolute atomic E-state index is 0.281. The van der Waals surface area contributed by atoms with Crippen LogP contribution in [0.25, 0.3) is 0 Å². The first kappa shape index (κ1) is 17.5. The van der Waals surface area contributed by atoms with E-state index in [1.165, 1.54) is 0 Å². The van der Waals surface area contributed by atoms with Gasteiger partial charge in [0.1, 0.15) is 0 Å². The molecule has 5 heteroatoms. The predicted molar refractivity (Wildman–Crippen MR) is 95.4 cm³/mol. The lowest BCUT2D eigenvalue weighted by atomic mass is 10.1. The van der Waals surface area contributed by atoms with Crippen molar-refractivity contribution in [3.05, 3.63) is 58.7 Å². The highest BCUT2D eigenvalue weighted by Crippen LogP contribution is 2.22. The molecular weight excluding hydrogens is 308 g/mol. The van der Waals surface area contributed by atoms with E-state index in [0.717, 1.165) is 27.9 Å². The standard InChI is InChI=1S/C18H24N2O2S/c1-13-10-14(2)18(15(3)11-13)23(21,22)19-12-16-6-8-17(9-7-16)20(4)5/h6-11,19H,12H2,1-5H3. The number of rotatable bonds is 5. The normalized spacial score (nSPS) is 11.5. The summed E-state index contributed by atoms with van der Waals surface area (Å²) in [6.45, 7) is 5.92. The third-order valence-electron chi connectivity index (χ3n) is 3.79. The minimum atomic E-state index is -3.52. The highest BCUT2D eigenvalue weighted by Gasteiger charge is 2.19. The molecule has 0 atom stereocenters. The molecule has 2 rings (SSSR count). The van der Waals surface area contributed by atoms with Crippen LogP contribution in [0.2, 0.25) is 0 Å². The fraction of sp³-hybridized carbons (Fsp3) is 0.333. The third kappa shape index (κ3) is 4.12. The number of hydrogen-bond acceptors (Lipinski definition) is 3. The molecule has 1 N–H and O–H groups in total. The number of anilines is 1. The molecule has 0 saturated carbocycles. The molecule has 2 aromatic carbocycles. The van der Waals surface area contributed by atoms with Gasteiger partial charge in [-0.05, 0) is 49.6 Å². The minimum Gasteiger partial charge on any atom is -0.378 e. The average molecular weight is 332 g/mol. The maximum absolute atomic E-state index is 12.6. The van der Waals surface area contributed by atoms with Gasteiger partial charge in [0, 0.05) is 26.3 Å². The number of nitrogens with one attached hydrogen (secondary N) is 1. The topological polar surface area (TPSA) is 49.4 Å². The van der Waals surface area contributed by atoms with Gasteiger partial charge >= 0.3 is 0 Å². The van der Waals surface area contributed by atoms with Crippen LogP contribution in [0.15, 0.2) is 41.3 Å². The molecule has 2 aromatic rings. The van der Waals surface area contributed by atoms with Crippen molar-refractivity contribution in [2.45, 2.75) is 32.2 Å². The summed E-state index contributed by atoms with van der Waals surface area (Å²) in [5.74, 6) is 0. The lowest BCUT2D eigenvalue weighted by Crippen LogP contribution is -2.25. The molecule has 0 spiro atoms. The van der Waals surface area contributed by atoms with Gasteiger partial charge in [0.25, 0.3) is 0 Å². The Hall–Kier alpha value is -1.85. The second-order valence-corrected chi connectivity index (χ2v) is 7.82. The van der Waals surface area contributed by atoms with E-state index in [1.54, 1.807) is 0 Å². The number of aryl methyl sites for hydroxylation is 3. The van der Waals surface area contributed by atoms with Crippen LogP contribution >= 0.6 is 0 Å². The molecule has 124 valence electrons. The van der Waals surface area contributed by atoms with E-state index in [9.17, 15) is 8.42 Å². The monoisotopic (exact) mass is 332 g/mol. The first-order valence-corrected chi connectivity index (χ1v) is 9.03. The van der Waals surface area contributed by atoms with Crippen molar-refractivity contribution in [3.63, 3.8) is 0 Å². The summed E-state index contributed by atoms with van der Waals surface area (Å²) in [5, 5.41) is 0. The SMILES string of the molecule is Cc1cc(C)c(S(=O)(=O)NCc2ccc(N(C)C)cc2)c(C)c1. The Labute approximate surface area is 139 Å². The Balaban J connectivity index is 2.19. The van der Waals surface area contributed by atoms with Gasteiger partial charge in [-0.15, -0.1) is 0 Å². The molecule has 23 heavy (non-hydrogen) atoms. The van der Waals surface area contributed by atoms with E-state index in [2.05, 4.69) is 4.72 Å². The Morgan fingerprint density at radius 3 is 1.96 bits per heavy atom. The van der Waals surface area contributed by atoms with Crippen LogP contribution in [-0.2, 0) is 16.6 Å². The highest BCUT2D eigenvalue weighted by atomic mass is 32.2. The Morgan fingerprint density at radius 1 is 0.957 bits per heavy atom. The smallest absolute Gasteiger partial charge is 0.241 e. The van der Waals surface area contributed by atoms with Crippen LogP contribution in [0.4, 0.5) is 5.69 Å². The van der Waals surface area contributed by atoms with Crippen LogP contribution in [0, 0.1) is 20.8 Å². The van der Waals surface area contributed by atoms with Crippen molar-refractivity contribution in [3.8, 4) is 0 Å². The second-order valence-electron chi connectivity index (χ2n) is 6.11. The molecule has 0 amide bonds. The van der Waals surface area contributed by atoms with E-state index in [0.29, 0.717) is 4.90 Å². The fourth-order valence-electron chi connectivity index (χ4n) is 2.75. The number of sulfonamides is 1. The predicted octanol–water partition coefficient (Wildman–Crippen LogP) is 3.16. The molecular formula is C18H24N2O2S. The molecule has 0 aliphatic heterocycles. The van der Waals surface area contributed by atoms with E-state index in [-0.39, 0.29) is 6.54 Å². The molecule has 4 nitrogen and oxygen atoms in total. The molecule has 0 saturated heterocycles. The molecule has 0 fully saturated rings. The van der Waals surface area contributed by atoms with Gasteiger partial charge in [-0.25, -0.2) is 13.1 Å². The van der Waals surface area contributed by atoms with E-state index in [1.807, 2.05) is 76.2 Å². The van der Waals surface area contributed by atoms with Crippen molar-refractivity contribution in [2.75, 3.05) is 19.0 Å². The highest BCUT2D eigenvalue weighted by molar-refractivity contribution is 7.89. The third-order valence-corrected chi connectivity index (χ3v) is 5.50. The summed E-state index contributed by atoms with van der Waals surface area (Å²) in [6, 6.07) is 11.6. The van der Waals surface area contributed by atoms with Crippen molar-refractivity contribution >= 4 is 15.7 Å². The van der Waals surface area contributed by atoms with Crippen molar-refractivity contribution in [1.82, 2.24) is 4.72 Å². The Bertz CT molecular complexity index is 771. The lowest BCUT2D eigenvalue weighted by Gasteiger charge is -2.14. The second kappa shape index (κ2) is 6.72. The largest absolute Gasteiger partial charge is 0.378 e. The zero-order valence-electron chi connectivity index (χ0n) is 14.3. The number of benzene rings is 2. The van der Waals surface area contributed by atoms with Crippen LogP contribution in [0.1, 0.15) is 22.3 Å². The summed E-state index contributed by atoms with van der Waals surface area (Å²) in [6.07, 6.45) is 0. The van der Waals surface area contributed by atoms with Gasteiger partial charge in [-0.2, -0.15) is 0 Å². The van der Waals surface area contributed by atoms with Crippen molar-refractivity contribution in [2.24, 2.45) is 0 Å². The average Bonchev–Trinajstić information content (AvgIpc) is 2.44. The number of nitrogens with zero attached hydrogens (tertiary/aromatic N) is 1. The van der Waals surface area contributed by atoms with Gasteiger partial charge in [-0.1, -0.05) is 29.8 Å². The van der Waals surface area contributed by atoms with Crippen LogP contribution in [-0.4, -0.2) is 22.5 Å². The maximum atomic E-state index is 12.6. The van der Waals surface area contributed by atoms with E-state index < -0.39 is 10.0 Å². The molecule has 0 unspecified atom stereocenters. The number of hydrogen-bond donors (Lipinski definition) is 1. The molecule has 0 radical (unpaired) electrons. The first-order valence-electron chi connectivity index (χ1n) is 7.54. The van der Waals surface area contributed by atoms with Gasteiger partial charge in [0.05, 0.1) is 4.90 Å².